The van der Waals surface area contributed by atoms with Crippen LogP contribution in [-0.2, 0) is 0 Å². The van der Waals surface area contributed by atoms with Crippen LogP contribution < -0.4 is 4.90 Å². The molecule has 0 unspecified atom stereocenters. The highest BCUT2D eigenvalue weighted by Gasteiger charge is 2.17. The highest BCUT2D eigenvalue weighted by molar-refractivity contribution is 5.88. The molecule has 1 aliphatic rings. The summed E-state index contributed by atoms with van der Waals surface area (Å²) in [4.78, 5) is 15.7. The predicted octanol–water partition coefficient (Wildman–Crippen LogP) is 2.31. The summed E-state index contributed by atoms with van der Waals surface area (Å²) in [6.45, 7) is 8.72. The number of anilines is 1. The van der Waals surface area contributed by atoms with Crippen molar-refractivity contribution < 1.29 is 9.90 Å². The van der Waals surface area contributed by atoms with Crippen molar-refractivity contribution in [2.45, 2.75) is 26.3 Å². The smallest absolute Gasteiger partial charge is 0.335 e. The molecule has 1 heterocycles. The molecule has 0 aliphatic carbocycles. The van der Waals surface area contributed by atoms with E-state index in [4.69, 9.17) is 5.11 Å². The molecule has 1 N–H and O–H groups in total. The second-order valence-corrected chi connectivity index (χ2v) is 5.32. The van der Waals surface area contributed by atoms with Gasteiger partial charge in [-0.15, -0.1) is 0 Å². The quantitative estimate of drug-likeness (QED) is 0.908. The van der Waals surface area contributed by atoms with E-state index >= 15 is 0 Å². The molecule has 4 heteroatoms. The first kappa shape index (κ1) is 13.9. The van der Waals surface area contributed by atoms with Gasteiger partial charge in [0.2, 0.25) is 0 Å². The average molecular weight is 262 g/mol. The van der Waals surface area contributed by atoms with Gasteiger partial charge < -0.3 is 10.0 Å². The first-order valence-electron chi connectivity index (χ1n) is 6.90. The fraction of sp³-hybridized carbons (Fsp3) is 0.533. The number of hydrogen-bond donors (Lipinski definition) is 1. The predicted molar refractivity (Wildman–Crippen MR) is 76.9 cm³/mol. The average Bonchev–Trinajstić information content (AvgIpc) is 2.64. The Balaban J connectivity index is 2.03. The molecule has 0 saturated carbocycles. The van der Waals surface area contributed by atoms with E-state index in [0.717, 1.165) is 38.3 Å². The van der Waals surface area contributed by atoms with Crippen LogP contribution in [0.5, 0.6) is 0 Å². The molecule has 0 spiro atoms. The lowest BCUT2D eigenvalue weighted by Crippen LogP contribution is -2.35. The topological polar surface area (TPSA) is 43.8 Å². The maximum atomic E-state index is 10.8. The van der Waals surface area contributed by atoms with E-state index in [2.05, 4.69) is 23.6 Å². The van der Waals surface area contributed by atoms with E-state index < -0.39 is 5.97 Å². The molecule has 0 amide bonds. The molecular weight excluding hydrogens is 240 g/mol. The number of rotatable bonds is 3. The standard InChI is InChI=1S/C15H22N2O2/c1-12(2)16-8-3-9-17(11-10-16)14-6-4-13(5-7-14)15(18)19/h4-7,12H,3,8-11H2,1-2H3,(H,18,19). The number of hydrogen-bond acceptors (Lipinski definition) is 3. The van der Waals surface area contributed by atoms with Gasteiger partial charge >= 0.3 is 5.97 Å². The minimum atomic E-state index is -0.867. The summed E-state index contributed by atoms with van der Waals surface area (Å²) in [6.07, 6.45) is 1.15. The normalized spacial score (nSPS) is 17.5. The number of carboxylic acid groups (broad SMARTS) is 1. The van der Waals surface area contributed by atoms with Crippen molar-refractivity contribution in [1.29, 1.82) is 0 Å². The number of carboxylic acids is 1. The largest absolute Gasteiger partial charge is 0.478 e. The van der Waals surface area contributed by atoms with Crippen LogP contribution in [0.25, 0.3) is 0 Å². The number of benzene rings is 1. The third-order valence-corrected chi connectivity index (χ3v) is 3.74. The summed E-state index contributed by atoms with van der Waals surface area (Å²) in [7, 11) is 0. The van der Waals surface area contributed by atoms with E-state index in [-0.39, 0.29) is 0 Å². The van der Waals surface area contributed by atoms with Crippen molar-refractivity contribution in [2.75, 3.05) is 31.1 Å². The van der Waals surface area contributed by atoms with Crippen LogP contribution in [0, 0.1) is 0 Å². The summed E-state index contributed by atoms with van der Waals surface area (Å²) in [6, 6.07) is 7.78. The lowest BCUT2D eigenvalue weighted by atomic mass is 10.2. The first-order valence-corrected chi connectivity index (χ1v) is 6.90. The summed E-state index contributed by atoms with van der Waals surface area (Å²) in [5.74, 6) is -0.867. The molecule has 1 aliphatic heterocycles. The molecule has 0 radical (unpaired) electrons. The Hall–Kier alpha value is -1.55. The molecule has 1 aromatic rings. The van der Waals surface area contributed by atoms with E-state index in [9.17, 15) is 4.79 Å². The maximum Gasteiger partial charge on any atom is 0.335 e. The van der Waals surface area contributed by atoms with Gasteiger partial charge in [0.15, 0.2) is 0 Å². The Morgan fingerprint density at radius 3 is 2.37 bits per heavy atom. The van der Waals surface area contributed by atoms with Gasteiger partial charge in [0.05, 0.1) is 5.56 Å². The molecule has 104 valence electrons. The highest BCUT2D eigenvalue weighted by Crippen LogP contribution is 2.18. The van der Waals surface area contributed by atoms with Crippen molar-refractivity contribution in [3.63, 3.8) is 0 Å². The zero-order chi connectivity index (χ0) is 13.8. The van der Waals surface area contributed by atoms with Gasteiger partial charge in [0.25, 0.3) is 0 Å². The summed E-state index contributed by atoms with van der Waals surface area (Å²) in [5.41, 5.74) is 1.47. The molecule has 19 heavy (non-hydrogen) atoms. The minimum Gasteiger partial charge on any atom is -0.478 e. The molecule has 0 bridgehead atoms. The maximum absolute atomic E-state index is 10.8. The third kappa shape index (κ3) is 3.47. The summed E-state index contributed by atoms with van der Waals surface area (Å²) in [5, 5.41) is 8.91. The summed E-state index contributed by atoms with van der Waals surface area (Å²) >= 11 is 0. The zero-order valence-electron chi connectivity index (χ0n) is 11.7. The van der Waals surface area contributed by atoms with E-state index in [1.807, 2.05) is 12.1 Å². The molecule has 1 saturated heterocycles. The van der Waals surface area contributed by atoms with Gasteiger partial charge in [-0.25, -0.2) is 4.79 Å². The van der Waals surface area contributed by atoms with Crippen LogP contribution in [0.4, 0.5) is 5.69 Å². The summed E-state index contributed by atoms with van der Waals surface area (Å²) < 4.78 is 0. The van der Waals surface area contributed by atoms with E-state index in [1.54, 1.807) is 12.1 Å². The molecule has 0 aromatic heterocycles. The molecule has 2 rings (SSSR count). The fourth-order valence-electron chi connectivity index (χ4n) is 2.53. The second-order valence-electron chi connectivity index (χ2n) is 5.32. The highest BCUT2D eigenvalue weighted by atomic mass is 16.4. The van der Waals surface area contributed by atoms with Crippen LogP contribution in [-0.4, -0.2) is 48.2 Å². The van der Waals surface area contributed by atoms with E-state index in [1.165, 1.54) is 0 Å². The molecule has 4 nitrogen and oxygen atoms in total. The molecule has 1 aromatic carbocycles. The first-order chi connectivity index (χ1) is 9.08. The van der Waals surface area contributed by atoms with Gasteiger partial charge in [-0.1, -0.05) is 0 Å². The molecule has 0 atom stereocenters. The Morgan fingerprint density at radius 1 is 1.11 bits per heavy atom. The van der Waals surface area contributed by atoms with Crippen molar-refractivity contribution in [1.82, 2.24) is 4.90 Å². The Morgan fingerprint density at radius 2 is 1.79 bits per heavy atom. The fourth-order valence-corrected chi connectivity index (χ4v) is 2.53. The van der Waals surface area contributed by atoms with Gasteiger partial charge in [-0.05, 0) is 44.5 Å². The van der Waals surface area contributed by atoms with Gasteiger partial charge in [0.1, 0.15) is 0 Å². The van der Waals surface area contributed by atoms with Gasteiger partial charge in [-0.3, -0.25) is 4.90 Å². The van der Waals surface area contributed by atoms with Crippen LogP contribution in [0.2, 0.25) is 0 Å². The van der Waals surface area contributed by atoms with Gasteiger partial charge in [0, 0.05) is 37.9 Å². The Bertz CT molecular complexity index is 428. The second kappa shape index (κ2) is 6.06. The number of nitrogens with zero attached hydrogens (tertiary/aromatic N) is 2. The monoisotopic (exact) mass is 262 g/mol. The van der Waals surface area contributed by atoms with Crippen molar-refractivity contribution in [2.24, 2.45) is 0 Å². The molecular formula is C15H22N2O2. The van der Waals surface area contributed by atoms with E-state index in [0.29, 0.717) is 11.6 Å². The van der Waals surface area contributed by atoms with Gasteiger partial charge in [-0.2, -0.15) is 0 Å². The van der Waals surface area contributed by atoms with Crippen molar-refractivity contribution in [3.05, 3.63) is 29.8 Å². The zero-order valence-corrected chi connectivity index (χ0v) is 11.7. The Kier molecular flexibility index (Phi) is 4.43. The van der Waals surface area contributed by atoms with Crippen LogP contribution in [0.1, 0.15) is 30.6 Å². The lowest BCUT2D eigenvalue weighted by Gasteiger charge is -2.25. The number of aromatic carboxylic acids is 1. The lowest BCUT2D eigenvalue weighted by molar-refractivity contribution is 0.0697. The van der Waals surface area contributed by atoms with Crippen LogP contribution >= 0.6 is 0 Å². The molecule has 1 fully saturated rings. The number of carbonyl (C=O) groups is 1. The minimum absolute atomic E-state index is 0.349. The Labute approximate surface area is 114 Å². The van der Waals surface area contributed by atoms with Crippen molar-refractivity contribution in [3.8, 4) is 0 Å². The third-order valence-electron chi connectivity index (χ3n) is 3.74. The van der Waals surface area contributed by atoms with Crippen molar-refractivity contribution >= 4 is 11.7 Å². The van der Waals surface area contributed by atoms with Crippen LogP contribution in [0.3, 0.4) is 0 Å². The van der Waals surface area contributed by atoms with Crippen LogP contribution in [0.15, 0.2) is 24.3 Å². The SMILES string of the molecule is CC(C)N1CCCN(c2ccc(C(=O)O)cc2)CC1.